The summed E-state index contributed by atoms with van der Waals surface area (Å²) in [6, 6.07) is 3.80. The van der Waals surface area contributed by atoms with Crippen molar-refractivity contribution in [3.05, 3.63) is 36.0 Å². The van der Waals surface area contributed by atoms with Crippen LogP contribution in [0.25, 0.3) is 10.9 Å². The number of hydrogen-bond acceptors (Lipinski definition) is 6. The fourth-order valence-electron chi connectivity index (χ4n) is 3.03. The number of carboxylic acids is 2. The van der Waals surface area contributed by atoms with Crippen LogP contribution in [0.1, 0.15) is 18.4 Å². The largest absolute Gasteiger partial charge is 0.481 e. The zero-order valence-corrected chi connectivity index (χ0v) is 17.8. The number of amides is 2. The molecule has 3 atom stereocenters. The summed E-state index contributed by atoms with van der Waals surface area (Å²) in [6.45, 7) is 0. The van der Waals surface area contributed by atoms with Crippen LogP contribution in [0, 0.1) is 0 Å². The van der Waals surface area contributed by atoms with Crippen LogP contribution in [0.4, 0.5) is 0 Å². The maximum Gasteiger partial charge on any atom is 0.326 e. The molecule has 10 nitrogen and oxygen atoms in total. The number of carbonyl (C=O) groups is 4. The summed E-state index contributed by atoms with van der Waals surface area (Å²) >= 11 is 1.53. The molecule has 1 aromatic heterocycles. The number of aromatic nitrogens is 1. The first-order valence-corrected chi connectivity index (χ1v) is 11.0. The van der Waals surface area contributed by atoms with Gasteiger partial charge in [-0.3, -0.25) is 14.4 Å². The van der Waals surface area contributed by atoms with Gasteiger partial charge in [0.15, 0.2) is 0 Å². The molecule has 31 heavy (non-hydrogen) atoms. The number of fused-ring (bicyclic) bond motifs is 1. The van der Waals surface area contributed by atoms with Gasteiger partial charge in [-0.1, -0.05) is 18.2 Å². The number of H-pyrrole nitrogens is 1. The Balaban J connectivity index is 2.23. The van der Waals surface area contributed by atoms with Crippen molar-refractivity contribution in [1.82, 2.24) is 15.6 Å². The lowest BCUT2D eigenvalue weighted by atomic mass is 10.0. The van der Waals surface area contributed by atoms with Gasteiger partial charge in [0.25, 0.3) is 0 Å². The molecule has 0 spiro atoms. The van der Waals surface area contributed by atoms with E-state index >= 15 is 0 Å². The van der Waals surface area contributed by atoms with Gasteiger partial charge in [0, 0.05) is 23.5 Å². The lowest BCUT2D eigenvalue weighted by Crippen LogP contribution is -2.55. The Hall–Kier alpha value is -3.05. The highest BCUT2D eigenvalue weighted by atomic mass is 32.2. The number of carboxylic acid groups (broad SMARTS) is 2. The van der Waals surface area contributed by atoms with Gasteiger partial charge in [0.1, 0.15) is 12.1 Å². The maximum atomic E-state index is 12.8. The van der Waals surface area contributed by atoms with E-state index in [1.807, 2.05) is 30.5 Å². The first-order valence-electron chi connectivity index (χ1n) is 9.57. The van der Waals surface area contributed by atoms with Crippen molar-refractivity contribution in [2.45, 2.75) is 37.4 Å². The van der Waals surface area contributed by atoms with Crippen molar-refractivity contribution >= 4 is 46.4 Å². The summed E-state index contributed by atoms with van der Waals surface area (Å²) in [5.74, 6) is -3.54. The molecule has 0 aliphatic carbocycles. The van der Waals surface area contributed by atoms with E-state index in [-0.39, 0.29) is 6.42 Å². The third-order valence-electron chi connectivity index (χ3n) is 4.70. The summed E-state index contributed by atoms with van der Waals surface area (Å²) in [6.07, 6.45) is 3.27. The molecule has 2 rings (SSSR count). The van der Waals surface area contributed by atoms with Crippen LogP contribution in [-0.2, 0) is 25.6 Å². The van der Waals surface area contributed by atoms with Gasteiger partial charge in [-0.15, -0.1) is 0 Å². The van der Waals surface area contributed by atoms with E-state index in [1.165, 1.54) is 11.8 Å². The second-order valence-corrected chi connectivity index (χ2v) is 8.00. The van der Waals surface area contributed by atoms with E-state index in [0.717, 1.165) is 16.5 Å². The SMILES string of the molecule is CSCCC(N)C(=O)NC(Cc1c[nH]c2ccccc12)C(=O)NC(CC(=O)O)C(=O)O. The molecule has 7 N–H and O–H groups in total. The molecule has 0 saturated heterocycles. The molecule has 0 saturated carbocycles. The Kier molecular flexibility index (Phi) is 8.88. The van der Waals surface area contributed by atoms with Crippen molar-refractivity contribution < 1.29 is 29.4 Å². The van der Waals surface area contributed by atoms with Crippen molar-refractivity contribution in [2.75, 3.05) is 12.0 Å². The minimum atomic E-state index is -1.63. The van der Waals surface area contributed by atoms with Crippen molar-refractivity contribution in [3.8, 4) is 0 Å². The van der Waals surface area contributed by atoms with Crippen LogP contribution < -0.4 is 16.4 Å². The summed E-state index contributed by atoms with van der Waals surface area (Å²) in [5, 5.41) is 23.8. The normalized spacial score (nSPS) is 13.9. The second-order valence-electron chi connectivity index (χ2n) is 7.01. The van der Waals surface area contributed by atoms with E-state index in [9.17, 15) is 24.3 Å². The van der Waals surface area contributed by atoms with Gasteiger partial charge in [0.05, 0.1) is 12.5 Å². The van der Waals surface area contributed by atoms with Crippen LogP contribution in [0.2, 0.25) is 0 Å². The third kappa shape index (κ3) is 7.00. The summed E-state index contributed by atoms with van der Waals surface area (Å²) < 4.78 is 0. The monoisotopic (exact) mass is 450 g/mol. The molecular formula is C20H26N4O6S. The van der Waals surface area contributed by atoms with E-state index in [2.05, 4.69) is 15.6 Å². The van der Waals surface area contributed by atoms with Crippen LogP contribution >= 0.6 is 11.8 Å². The molecule has 2 aromatic rings. The number of nitrogens with two attached hydrogens (primary N) is 1. The number of carbonyl (C=O) groups excluding carboxylic acids is 2. The number of benzene rings is 1. The highest BCUT2D eigenvalue weighted by Gasteiger charge is 2.29. The first-order chi connectivity index (χ1) is 14.7. The van der Waals surface area contributed by atoms with Gasteiger partial charge >= 0.3 is 11.9 Å². The smallest absolute Gasteiger partial charge is 0.326 e. The van der Waals surface area contributed by atoms with Crippen LogP contribution in [0.15, 0.2) is 30.5 Å². The number of aromatic amines is 1. The molecule has 0 fully saturated rings. The van der Waals surface area contributed by atoms with Crippen LogP contribution in [-0.4, -0.2) is 69.1 Å². The number of nitrogens with one attached hydrogen (secondary N) is 3. The first kappa shape index (κ1) is 24.2. The van der Waals surface area contributed by atoms with Crippen LogP contribution in [0.3, 0.4) is 0 Å². The quantitative estimate of drug-likeness (QED) is 0.268. The van der Waals surface area contributed by atoms with Crippen molar-refractivity contribution in [3.63, 3.8) is 0 Å². The summed E-state index contributed by atoms with van der Waals surface area (Å²) in [5.41, 5.74) is 7.47. The average molecular weight is 451 g/mol. The van der Waals surface area contributed by atoms with Gasteiger partial charge in [-0.2, -0.15) is 11.8 Å². The molecular weight excluding hydrogens is 424 g/mol. The number of thioether (sulfide) groups is 1. The third-order valence-corrected chi connectivity index (χ3v) is 5.34. The van der Waals surface area contributed by atoms with E-state index in [0.29, 0.717) is 12.2 Å². The number of aliphatic carboxylic acids is 2. The highest BCUT2D eigenvalue weighted by Crippen LogP contribution is 2.19. The second kappa shape index (κ2) is 11.4. The molecule has 0 bridgehead atoms. The molecule has 3 unspecified atom stereocenters. The van der Waals surface area contributed by atoms with Gasteiger partial charge in [-0.05, 0) is 30.1 Å². The van der Waals surface area contributed by atoms with Gasteiger partial charge in [0.2, 0.25) is 11.8 Å². The summed E-state index contributed by atoms with van der Waals surface area (Å²) in [4.78, 5) is 50.7. The van der Waals surface area contributed by atoms with E-state index < -0.39 is 48.3 Å². The Bertz CT molecular complexity index is 947. The number of hydrogen-bond donors (Lipinski definition) is 6. The molecule has 0 radical (unpaired) electrons. The molecule has 1 heterocycles. The van der Waals surface area contributed by atoms with E-state index in [4.69, 9.17) is 10.8 Å². The number of para-hydroxylation sites is 1. The van der Waals surface area contributed by atoms with Gasteiger partial charge < -0.3 is 31.6 Å². The molecule has 168 valence electrons. The molecule has 2 amide bonds. The molecule has 11 heteroatoms. The highest BCUT2D eigenvalue weighted by molar-refractivity contribution is 7.98. The fraction of sp³-hybridized carbons (Fsp3) is 0.400. The Morgan fingerprint density at radius 3 is 2.42 bits per heavy atom. The lowest BCUT2D eigenvalue weighted by Gasteiger charge is -2.22. The molecule has 0 aliphatic heterocycles. The van der Waals surface area contributed by atoms with Gasteiger partial charge in [-0.25, -0.2) is 4.79 Å². The predicted molar refractivity (Wildman–Crippen MR) is 117 cm³/mol. The Morgan fingerprint density at radius 2 is 1.77 bits per heavy atom. The average Bonchev–Trinajstić information content (AvgIpc) is 3.13. The number of rotatable bonds is 12. The van der Waals surface area contributed by atoms with Crippen LogP contribution in [0.5, 0.6) is 0 Å². The van der Waals surface area contributed by atoms with Crippen molar-refractivity contribution in [1.29, 1.82) is 0 Å². The Morgan fingerprint density at radius 1 is 1.10 bits per heavy atom. The minimum Gasteiger partial charge on any atom is -0.481 e. The topological polar surface area (TPSA) is 175 Å². The van der Waals surface area contributed by atoms with Crippen molar-refractivity contribution in [2.24, 2.45) is 5.73 Å². The Labute approximate surface area is 182 Å². The fourth-order valence-corrected chi connectivity index (χ4v) is 3.52. The zero-order valence-electron chi connectivity index (χ0n) is 17.0. The predicted octanol–water partition coefficient (Wildman–Crippen LogP) is 0.320. The standard InChI is InChI=1S/C20H26N4O6S/c1-31-7-6-13(21)18(27)23-15(19(28)24-16(20(29)30)9-17(25)26)8-11-10-22-14-5-3-2-4-12(11)14/h2-5,10,13,15-16,22H,6-9,21H2,1H3,(H,23,27)(H,24,28)(H,25,26)(H,29,30). The zero-order chi connectivity index (χ0) is 23.0. The minimum absolute atomic E-state index is 0.0657. The molecule has 0 aliphatic rings. The lowest BCUT2D eigenvalue weighted by molar-refractivity contribution is -0.147. The summed E-state index contributed by atoms with van der Waals surface area (Å²) in [7, 11) is 0. The maximum absolute atomic E-state index is 12.8. The van der Waals surface area contributed by atoms with E-state index in [1.54, 1.807) is 6.20 Å². The molecule has 1 aromatic carbocycles.